The summed E-state index contributed by atoms with van der Waals surface area (Å²) in [6.45, 7) is 6.78. The van der Waals surface area contributed by atoms with Crippen LogP contribution in [0.15, 0.2) is 18.5 Å². The quantitative estimate of drug-likeness (QED) is 0.644. The minimum Gasteiger partial charge on any atom is -0.355 e. The van der Waals surface area contributed by atoms with Gasteiger partial charge in [0.15, 0.2) is 10.9 Å². The fraction of sp³-hybridized carbons (Fsp3) is 0.400. The molecule has 31 heavy (non-hydrogen) atoms. The molecule has 1 fully saturated rings. The van der Waals surface area contributed by atoms with Gasteiger partial charge in [0, 0.05) is 38.9 Å². The van der Waals surface area contributed by atoms with E-state index in [2.05, 4.69) is 25.4 Å². The maximum atomic E-state index is 12.6. The molecule has 1 aliphatic rings. The SMILES string of the molecule is Cc1cc(C)n(-c2cc(N3CC(C(=O)Nc4nc(C)c(C(=O)N(C)C)s4)C3)ncn2)n1. The molecule has 4 rings (SSSR count). The lowest BCUT2D eigenvalue weighted by molar-refractivity contribution is -0.120. The minimum absolute atomic E-state index is 0.110. The molecule has 1 saturated heterocycles. The molecule has 0 bridgehead atoms. The number of hydrogen-bond acceptors (Lipinski definition) is 8. The molecule has 1 N–H and O–H groups in total. The van der Waals surface area contributed by atoms with Crippen LogP contribution in [0.3, 0.4) is 0 Å². The summed E-state index contributed by atoms with van der Waals surface area (Å²) >= 11 is 1.20. The van der Waals surface area contributed by atoms with E-state index in [0.29, 0.717) is 34.6 Å². The van der Waals surface area contributed by atoms with E-state index in [1.807, 2.05) is 30.9 Å². The lowest BCUT2D eigenvalue weighted by Crippen LogP contribution is -2.52. The average molecular weight is 441 g/mol. The highest BCUT2D eigenvalue weighted by Crippen LogP contribution is 2.27. The Morgan fingerprint density at radius 2 is 1.84 bits per heavy atom. The zero-order valence-electron chi connectivity index (χ0n) is 18.1. The number of hydrogen-bond donors (Lipinski definition) is 1. The van der Waals surface area contributed by atoms with Crippen molar-refractivity contribution in [2.75, 3.05) is 37.4 Å². The third-order valence-corrected chi connectivity index (χ3v) is 6.13. The number of anilines is 2. The summed E-state index contributed by atoms with van der Waals surface area (Å²) in [4.78, 5) is 41.8. The monoisotopic (exact) mass is 440 g/mol. The van der Waals surface area contributed by atoms with Crippen LogP contribution >= 0.6 is 11.3 Å². The molecule has 0 spiro atoms. The van der Waals surface area contributed by atoms with Crippen LogP contribution in [-0.2, 0) is 4.79 Å². The molecule has 0 unspecified atom stereocenters. The van der Waals surface area contributed by atoms with Gasteiger partial charge in [0.2, 0.25) is 5.91 Å². The number of rotatable bonds is 5. The lowest BCUT2D eigenvalue weighted by Gasteiger charge is -2.38. The zero-order chi connectivity index (χ0) is 22.3. The second kappa shape index (κ2) is 8.06. The van der Waals surface area contributed by atoms with Gasteiger partial charge in [-0.3, -0.25) is 9.59 Å². The van der Waals surface area contributed by atoms with Crippen LogP contribution < -0.4 is 10.2 Å². The Morgan fingerprint density at radius 1 is 1.13 bits per heavy atom. The van der Waals surface area contributed by atoms with Crippen LogP contribution in [0.5, 0.6) is 0 Å². The van der Waals surface area contributed by atoms with Crippen molar-refractivity contribution in [3.63, 3.8) is 0 Å². The normalized spacial score (nSPS) is 13.8. The van der Waals surface area contributed by atoms with E-state index in [1.165, 1.54) is 22.6 Å². The Balaban J connectivity index is 1.39. The maximum Gasteiger partial charge on any atom is 0.265 e. The molecule has 0 radical (unpaired) electrons. The van der Waals surface area contributed by atoms with Crippen LogP contribution in [0, 0.1) is 26.7 Å². The number of nitrogens with zero attached hydrogens (tertiary/aromatic N) is 7. The predicted octanol–water partition coefficient (Wildman–Crippen LogP) is 1.82. The number of aromatic nitrogens is 5. The van der Waals surface area contributed by atoms with Gasteiger partial charge in [0.05, 0.1) is 17.3 Å². The first-order chi connectivity index (χ1) is 14.7. The number of carbonyl (C=O) groups is 2. The molecule has 11 heteroatoms. The smallest absolute Gasteiger partial charge is 0.265 e. The second-order valence-electron chi connectivity index (χ2n) is 7.80. The van der Waals surface area contributed by atoms with Gasteiger partial charge in [-0.05, 0) is 26.8 Å². The molecule has 3 aromatic rings. The Labute approximate surface area is 183 Å². The molecule has 0 saturated carbocycles. The summed E-state index contributed by atoms with van der Waals surface area (Å²) < 4.78 is 1.78. The summed E-state index contributed by atoms with van der Waals surface area (Å²) in [7, 11) is 3.38. The van der Waals surface area contributed by atoms with Gasteiger partial charge in [0.25, 0.3) is 5.91 Å². The van der Waals surface area contributed by atoms with Crippen LogP contribution in [0.4, 0.5) is 10.9 Å². The Bertz CT molecular complexity index is 1150. The molecular formula is C20H24N8O2S. The van der Waals surface area contributed by atoms with Crippen molar-refractivity contribution in [2.24, 2.45) is 5.92 Å². The highest BCUT2D eigenvalue weighted by molar-refractivity contribution is 7.17. The van der Waals surface area contributed by atoms with E-state index in [0.717, 1.165) is 17.2 Å². The van der Waals surface area contributed by atoms with Crippen LogP contribution in [0.25, 0.3) is 5.82 Å². The highest BCUT2D eigenvalue weighted by atomic mass is 32.1. The minimum atomic E-state index is -0.177. The van der Waals surface area contributed by atoms with Crippen LogP contribution in [-0.4, -0.2) is 68.6 Å². The van der Waals surface area contributed by atoms with Crippen molar-refractivity contribution in [3.05, 3.63) is 40.4 Å². The summed E-state index contributed by atoms with van der Waals surface area (Å²) in [5.41, 5.74) is 2.53. The molecule has 10 nitrogen and oxygen atoms in total. The van der Waals surface area contributed by atoms with Crippen molar-refractivity contribution < 1.29 is 9.59 Å². The summed E-state index contributed by atoms with van der Waals surface area (Å²) in [5, 5.41) is 7.74. The van der Waals surface area contributed by atoms with Crippen molar-refractivity contribution in [3.8, 4) is 5.82 Å². The maximum absolute atomic E-state index is 12.6. The topological polar surface area (TPSA) is 109 Å². The van der Waals surface area contributed by atoms with E-state index < -0.39 is 0 Å². The van der Waals surface area contributed by atoms with Crippen LogP contribution in [0.1, 0.15) is 26.8 Å². The standard InChI is InChI=1S/C20H24N8O2S/c1-11-6-12(2)28(25-11)16-7-15(21-10-22-16)27-8-14(9-27)18(29)24-20-23-13(3)17(31-20)19(30)26(4)5/h6-7,10,14H,8-9H2,1-5H3,(H,23,24,29). The first kappa shape index (κ1) is 20.9. The van der Waals surface area contributed by atoms with Gasteiger partial charge < -0.3 is 15.1 Å². The van der Waals surface area contributed by atoms with Gasteiger partial charge in [-0.25, -0.2) is 19.6 Å². The molecule has 2 amide bonds. The highest BCUT2D eigenvalue weighted by Gasteiger charge is 2.34. The largest absolute Gasteiger partial charge is 0.355 e. The number of thiazole rings is 1. The van der Waals surface area contributed by atoms with Crippen molar-refractivity contribution in [1.82, 2.24) is 29.6 Å². The van der Waals surface area contributed by atoms with E-state index in [9.17, 15) is 9.59 Å². The molecule has 0 aliphatic carbocycles. The fourth-order valence-corrected chi connectivity index (χ4v) is 4.37. The number of aryl methyl sites for hydroxylation is 3. The zero-order valence-corrected chi connectivity index (χ0v) is 18.9. The number of carbonyl (C=O) groups excluding carboxylic acids is 2. The molecule has 4 heterocycles. The van der Waals surface area contributed by atoms with Crippen molar-refractivity contribution in [1.29, 1.82) is 0 Å². The fourth-order valence-electron chi connectivity index (χ4n) is 3.38. The average Bonchev–Trinajstić information content (AvgIpc) is 3.21. The first-order valence-corrected chi connectivity index (χ1v) is 10.6. The van der Waals surface area contributed by atoms with E-state index in [4.69, 9.17) is 0 Å². The number of amides is 2. The van der Waals surface area contributed by atoms with Gasteiger partial charge in [-0.2, -0.15) is 5.10 Å². The summed E-state index contributed by atoms with van der Waals surface area (Å²) in [6, 6.07) is 3.86. The summed E-state index contributed by atoms with van der Waals surface area (Å²) in [5.74, 6) is 1.05. The molecule has 162 valence electrons. The lowest BCUT2D eigenvalue weighted by atomic mass is 9.99. The Hall–Kier alpha value is -3.34. The van der Waals surface area contributed by atoms with Gasteiger partial charge in [-0.15, -0.1) is 0 Å². The predicted molar refractivity (Wildman–Crippen MR) is 118 cm³/mol. The van der Waals surface area contributed by atoms with Gasteiger partial charge in [0.1, 0.15) is 17.0 Å². The Kier molecular flexibility index (Phi) is 5.44. The van der Waals surface area contributed by atoms with E-state index >= 15 is 0 Å². The molecule has 3 aromatic heterocycles. The van der Waals surface area contributed by atoms with Crippen molar-refractivity contribution in [2.45, 2.75) is 20.8 Å². The first-order valence-electron chi connectivity index (χ1n) is 9.83. The molecule has 1 aliphatic heterocycles. The molecule has 0 aromatic carbocycles. The Morgan fingerprint density at radius 3 is 2.48 bits per heavy atom. The van der Waals surface area contributed by atoms with Gasteiger partial charge in [-0.1, -0.05) is 11.3 Å². The van der Waals surface area contributed by atoms with E-state index in [1.54, 1.807) is 25.7 Å². The van der Waals surface area contributed by atoms with Crippen LogP contribution in [0.2, 0.25) is 0 Å². The third-order valence-electron chi connectivity index (χ3n) is 5.07. The van der Waals surface area contributed by atoms with Gasteiger partial charge >= 0.3 is 0 Å². The molecule has 0 atom stereocenters. The van der Waals surface area contributed by atoms with Crippen molar-refractivity contribution >= 4 is 34.1 Å². The summed E-state index contributed by atoms with van der Waals surface area (Å²) in [6.07, 6.45) is 1.51. The second-order valence-corrected chi connectivity index (χ2v) is 8.80. The number of nitrogens with one attached hydrogen (secondary N) is 1. The third kappa shape index (κ3) is 4.13. The molecular weight excluding hydrogens is 416 g/mol. The van der Waals surface area contributed by atoms with E-state index in [-0.39, 0.29) is 17.7 Å².